The van der Waals surface area contributed by atoms with Crippen molar-refractivity contribution in [3.05, 3.63) is 35.4 Å². The molecule has 1 unspecified atom stereocenters. The van der Waals surface area contributed by atoms with Crippen molar-refractivity contribution in [1.29, 1.82) is 0 Å². The van der Waals surface area contributed by atoms with Crippen LogP contribution in [0.25, 0.3) is 0 Å². The Balaban J connectivity index is 2.54. The standard InChI is InChI=1S/C15H19NO2S/c1-10-8-6-7-9-11(10)14(2,3)15(4)12(17)16(5)13(18)19-15/h6-9H,1-5H3. The lowest BCUT2D eigenvalue weighted by molar-refractivity contribution is -0.129. The summed E-state index contributed by atoms with van der Waals surface area (Å²) in [5, 5.41) is -0.172. The molecule has 19 heavy (non-hydrogen) atoms. The first-order chi connectivity index (χ1) is 8.72. The molecule has 1 aromatic carbocycles. The molecule has 0 aromatic heterocycles. The zero-order valence-electron chi connectivity index (χ0n) is 12.0. The molecule has 0 spiro atoms. The summed E-state index contributed by atoms with van der Waals surface area (Å²) < 4.78 is -0.759. The van der Waals surface area contributed by atoms with Gasteiger partial charge in [0.15, 0.2) is 0 Å². The van der Waals surface area contributed by atoms with Crippen molar-refractivity contribution in [2.24, 2.45) is 0 Å². The SMILES string of the molecule is Cc1ccccc1C(C)(C)C1(C)SC(=O)N(C)C1=O. The molecule has 0 radical (unpaired) electrons. The van der Waals surface area contributed by atoms with Crippen molar-refractivity contribution in [3.63, 3.8) is 0 Å². The van der Waals surface area contributed by atoms with Crippen LogP contribution in [0.2, 0.25) is 0 Å². The Morgan fingerprint density at radius 1 is 1.21 bits per heavy atom. The Morgan fingerprint density at radius 3 is 2.26 bits per heavy atom. The Hall–Kier alpha value is -1.29. The fourth-order valence-electron chi connectivity index (χ4n) is 2.62. The van der Waals surface area contributed by atoms with Crippen LogP contribution >= 0.6 is 11.8 Å². The molecule has 0 aliphatic carbocycles. The largest absolute Gasteiger partial charge is 0.289 e. The molecule has 1 aromatic rings. The van der Waals surface area contributed by atoms with E-state index in [0.717, 1.165) is 22.9 Å². The first kappa shape index (κ1) is 14.1. The normalized spacial score (nSPS) is 24.2. The van der Waals surface area contributed by atoms with Crippen LogP contribution < -0.4 is 0 Å². The number of aryl methyl sites for hydroxylation is 1. The van der Waals surface area contributed by atoms with Gasteiger partial charge in [0, 0.05) is 12.5 Å². The highest BCUT2D eigenvalue weighted by Crippen LogP contribution is 2.50. The average Bonchev–Trinajstić information content (AvgIpc) is 2.55. The lowest BCUT2D eigenvalue weighted by Gasteiger charge is -2.39. The van der Waals surface area contributed by atoms with Crippen LogP contribution in [0.3, 0.4) is 0 Å². The van der Waals surface area contributed by atoms with Gasteiger partial charge >= 0.3 is 0 Å². The molecule has 1 heterocycles. The number of rotatable bonds is 2. The van der Waals surface area contributed by atoms with E-state index in [2.05, 4.69) is 0 Å². The highest BCUT2D eigenvalue weighted by Gasteiger charge is 2.57. The van der Waals surface area contributed by atoms with Crippen LogP contribution in [0.1, 0.15) is 31.9 Å². The van der Waals surface area contributed by atoms with E-state index in [9.17, 15) is 9.59 Å². The minimum Gasteiger partial charge on any atom is -0.275 e. The van der Waals surface area contributed by atoms with Gasteiger partial charge in [0.1, 0.15) is 4.75 Å². The zero-order chi connectivity index (χ0) is 14.4. The lowest BCUT2D eigenvalue weighted by atomic mass is 9.71. The molecule has 1 saturated heterocycles. The first-order valence-corrected chi connectivity index (χ1v) is 7.10. The highest BCUT2D eigenvalue weighted by atomic mass is 32.2. The summed E-state index contributed by atoms with van der Waals surface area (Å²) in [6.45, 7) is 7.98. The number of hydrogen-bond donors (Lipinski definition) is 0. The number of imide groups is 1. The van der Waals surface area contributed by atoms with Gasteiger partial charge in [-0.25, -0.2) is 0 Å². The van der Waals surface area contributed by atoms with Crippen molar-refractivity contribution in [1.82, 2.24) is 4.90 Å². The van der Waals surface area contributed by atoms with E-state index in [1.165, 1.54) is 4.90 Å². The van der Waals surface area contributed by atoms with Crippen molar-refractivity contribution in [2.45, 2.75) is 37.9 Å². The zero-order valence-corrected chi connectivity index (χ0v) is 12.8. The molecule has 1 fully saturated rings. The second-order valence-electron chi connectivity index (χ2n) is 5.71. The van der Waals surface area contributed by atoms with Crippen LogP contribution in [-0.2, 0) is 10.2 Å². The highest BCUT2D eigenvalue weighted by molar-refractivity contribution is 8.16. The van der Waals surface area contributed by atoms with E-state index in [0.29, 0.717) is 0 Å². The third kappa shape index (κ3) is 1.89. The Morgan fingerprint density at radius 2 is 1.79 bits per heavy atom. The number of carbonyl (C=O) groups excluding carboxylic acids is 2. The van der Waals surface area contributed by atoms with Gasteiger partial charge in [-0.2, -0.15) is 0 Å². The van der Waals surface area contributed by atoms with Crippen LogP contribution in [0.4, 0.5) is 4.79 Å². The second-order valence-corrected chi connectivity index (χ2v) is 7.08. The summed E-state index contributed by atoms with van der Waals surface area (Å²) in [6, 6.07) is 8.04. The summed E-state index contributed by atoms with van der Waals surface area (Å²) in [6.07, 6.45) is 0. The first-order valence-electron chi connectivity index (χ1n) is 6.29. The molecule has 2 amide bonds. The topological polar surface area (TPSA) is 37.4 Å². The van der Waals surface area contributed by atoms with Gasteiger partial charge in [0.2, 0.25) is 5.91 Å². The molecule has 0 bridgehead atoms. The van der Waals surface area contributed by atoms with Gasteiger partial charge in [-0.15, -0.1) is 0 Å². The monoisotopic (exact) mass is 277 g/mol. The summed E-state index contributed by atoms with van der Waals surface area (Å²) in [5.41, 5.74) is 1.84. The smallest absolute Gasteiger partial charge is 0.275 e. The van der Waals surface area contributed by atoms with E-state index >= 15 is 0 Å². The van der Waals surface area contributed by atoms with Crippen molar-refractivity contribution >= 4 is 22.9 Å². The molecule has 1 aliphatic rings. The number of carbonyl (C=O) groups is 2. The fraction of sp³-hybridized carbons (Fsp3) is 0.467. The van der Waals surface area contributed by atoms with Crippen molar-refractivity contribution in [2.75, 3.05) is 7.05 Å². The molecule has 1 aliphatic heterocycles. The Kier molecular flexibility index (Phi) is 3.25. The minimum absolute atomic E-state index is 0.115. The number of nitrogens with zero attached hydrogens (tertiary/aromatic N) is 1. The van der Waals surface area contributed by atoms with E-state index in [-0.39, 0.29) is 11.1 Å². The molecule has 4 heteroatoms. The van der Waals surface area contributed by atoms with Crippen molar-refractivity contribution in [3.8, 4) is 0 Å². The summed E-state index contributed by atoms with van der Waals surface area (Å²) in [7, 11) is 1.55. The average molecular weight is 277 g/mol. The van der Waals surface area contributed by atoms with Gasteiger partial charge in [-0.05, 0) is 36.7 Å². The molecule has 0 saturated carbocycles. The van der Waals surface area contributed by atoms with Crippen LogP contribution in [-0.4, -0.2) is 27.8 Å². The molecule has 3 nitrogen and oxygen atoms in total. The van der Waals surface area contributed by atoms with Gasteiger partial charge < -0.3 is 0 Å². The second kappa shape index (κ2) is 4.37. The van der Waals surface area contributed by atoms with Gasteiger partial charge in [0.25, 0.3) is 5.24 Å². The molecule has 1 atom stereocenters. The van der Waals surface area contributed by atoms with E-state index in [1.807, 2.05) is 52.0 Å². The van der Waals surface area contributed by atoms with Gasteiger partial charge in [-0.3, -0.25) is 14.5 Å². The number of hydrogen-bond acceptors (Lipinski definition) is 3. The van der Waals surface area contributed by atoms with Crippen LogP contribution in [0.15, 0.2) is 24.3 Å². The molecule has 0 N–H and O–H groups in total. The molecule has 102 valence electrons. The molecule has 2 rings (SSSR count). The van der Waals surface area contributed by atoms with Crippen LogP contribution in [0.5, 0.6) is 0 Å². The van der Waals surface area contributed by atoms with Crippen molar-refractivity contribution < 1.29 is 9.59 Å². The quantitative estimate of drug-likeness (QED) is 0.832. The number of thioether (sulfide) groups is 1. The third-order valence-corrected chi connectivity index (χ3v) is 5.83. The Bertz CT molecular complexity index is 553. The maximum atomic E-state index is 12.5. The maximum absolute atomic E-state index is 12.5. The lowest BCUT2D eigenvalue weighted by Crippen LogP contribution is -2.49. The Labute approximate surface area is 118 Å². The molecular weight excluding hydrogens is 258 g/mol. The van der Waals surface area contributed by atoms with Gasteiger partial charge in [-0.1, -0.05) is 38.1 Å². The van der Waals surface area contributed by atoms with Gasteiger partial charge in [0.05, 0.1) is 0 Å². The van der Waals surface area contributed by atoms with Crippen LogP contribution in [0, 0.1) is 6.92 Å². The predicted octanol–water partition coefficient (Wildman–Crippen LogP) is 3.36. The summed E-state index contributed by atoms with van der Waals surface area (Å²) >= 11 is 1.13. The number of benzene rings is 1. The third-order valence-electron chi connectivity index (χ3n) is 4.29. The predicted molar refractivity (Wildman–Crippen MR) is 78.4 cm³/mol. The van der Waals surface area contributed by atoms with E-state index in [1.54, 1.807) is 7.05 Å². The maximum Gasteiger partial charge on any atom is 0.289 e. The molecular formula is C15H19NO2S. The minimum atomic E-state index is -0.759. The fourth-order valence-corrected chi connectivity index (χ4v) is 3.77. The van der Waals surface area contributed by atoms with E-state index in [4.69, 9.17) is 0 Å². The van der Waals surface area contributed by atoms with E-state index < -0.39 is 10.2 Å². The summed E-state index contributed by atoms with van der Waals surface area (Å²) in [4.78, 5) is 25.5. The number of amides is 2. The summed E-state index contributed by atoms with van der Waals surface area (Å²) in [5.74, 6) is -0.115.